The molecule has 2 rings (SSSR count). The van der Waals surface area contributed by atoms with Crippen molar-refractivity contribution in [3.8, 4) is 0 Å². The second kappa shape index (κ2) is 5.10. The van der Waals surface area contributed by atoms with Crippen molar-refractivity contribution < 1.29 is 8.42 Å². The van der Waals surface area contributed by atoms with Gasteiger partial charge in [0.1, 0.15) is 4.90 Å². The molecule has 0 saturated carbocycles. The van der Waals surface area contributed by atoms with Crippen LogP contribution in [0, 0.1) is 6.92 Å². The van der Waals surface area contributed by atoms with Gasteiger partial charge in [-0.25, -0.2) is 8.42 Å². The summed E-state index contributed by atoms with van der Waals surface area (Å²) in [7, 11) is 0.144. The van der Waals surface area contributed by atoms with Crippen molar-refractivity contribution >= 4 is 15.8 Å². The zero-order valence-corrected chi connectivity index (χ0v) is 12.4. The highest BCUT2D eigenvalue weighted by atomic mass is 32.2. The SMILES string of the molecule is Cc1c(S(=O)(=O)N2CCCN(C)CC2)c(N)nn1C. The smallest absolute Gasteiger partial charge is 0.248 e. The average Bonchev–Trinajstić information content (AvgIpc) is 2.51. The second-order valence-electron chi connectivity index (χ2n) is 4.98. The summed E-state index contributed by atoms with van der Waals surface area (Å²) in [5, 5.41) is 3.99. The van der Waals surface area contributed by atoms with Crippen LogP contribution in [-0.4, -0.2) is 60.6 Å². The van der Waals surface area contributed by atoms with Gasteiger partial charge in [0.05, 0.1) is 5.69 Å². The van der Waals surface area contributed by atoms with Crippen LogP contribution < -0.4 is 5.73 Å². The number of nitrogen functional groups attached to an aromatic ring is 1. The van der Waals surface area contributed by atoms with Gasteiger partial charge in [0.25, 0.3) is 0 Å². The van der Waals surface area contributed by atoms with E-state index in [1.54, 1.807) is 14.0 Å². The standard InChI is InChI=1S/C11H21N5O2S/c1-9-10(11(12)13-15(9)3)19(17,18)16-6-4-5-14(2)7-8-16/h4-8H2,1-3H3,(H2,12,13). The topological polar surface area (TPSA) is 84.5 Å². The molecule has 1 saturated heterocycles. The number of anilines is 1. The highest BCUT2D eigenvalue weighted by Gasteiger charge is 2.31. The quantitative estimate of drug-likeness (QED) is 0.803. The molecule has 0 aliphatic carbocycles. The van der Waals surface area contributed by atoms with E-state index in [0.717, 1.165) is 19.5 Å². The van der Waals surface area contributed by atoms with Gasteiger partial charge < -0.3 is 10.6 Å². The molecule has 0 aromatic carbocycles. The van der Waals surface area contributed by atoms with Crippen molar-refractivity contribution in [3.05, 3.63) is 5.69 Å². The fourth-order valence-electron chi connectivity index (χ4n) is 2.33. The second-order valence-corrected chi connectivity index (χ2v) is 6.86. The first-order chi connectivity index (χ1) is 8.84. The summed E-state index contributed by atoms with van der Waals surface area (Å²) in [6.07, 6.45) is 0.828. The molecular formula is C11H21N5O2S. The summed E-state index contributed by atoms with van der Waals surface area (Å²) in [6, 6.07) is 0. The largest absolute Gasteiger partial charge is 0.381 e. The maximum Gasteiger partial charge on any atom is 0.248 e. The Morgan fingerprint density at radius 2 is 1.84 bits per heavy atom. The molecule has 0 amide bonds. The fraction of sp³-hybridized carbons (Fsp3) is 0.727. The summed E-state index contributed by atoms with van der Waals surface area (Å²) in [6.45, 7) is 4.39. The molecule has 1 aromatic heterocycles. The summed E-state index contributed by atoms with van der Waals surface area (Å²) in [5.74, 6) is 0.0811. The molecule has 8 heteroatoms. The summed E-state index contributed by atoms with van der Waals surface area (Å²) in [5.41, 5.74) is 6.33. The lowest BCUT2D eigenvalue weighted by Crippen LogP contribution is -2.35. The number of nitrogens with two attached hydrogens (primary N) is 1. The molecule has 1 fully saturated rings. The van der Waals surface area contributed by atoms with Crippen LogP contribution in [0.5, 0.6) is 0 Å². The Kier molecular flexibility index (Phi) is 3.84. The van der Waals surface area contributed by atoms with Crippen LogP contribution in [0.15, 0.2) is 4.90 Å². The number of aryl methyl sites for hydroxylation is 1. The lowest BCUT2D eigenvalue weighted by molar-refractivity contribution is 0.347. The van der Waals surface area contributed by atoms with Crippen LogP contribution in [0.4, 0.5) is 5.82 Å². The Morgan fingerprint density at radius 3 is 2.42 bits per heavy atom. The van der Waals surface area contributed by atoms with Gasteiger partial charge in [0.15, 0.2) is 5.82 Å². The number of likely N-dealkylation sites (N-methyl/N-ethyl adjacent to an activating group) is 1. The van der Waals surface area contributed by atoms with E-state index in [1.165, 1.54) is 8.99 Å². The number of aromatic nitrogens is 2. The van der Waals surface area contributed by atoms with Crippen LogP contribution in [-0.2, 0) is 17.1 Å². The predicted molar refractivity (Wildman–Crippen MR) is 73.2 cm³/mol. The van der Waals surface area contributed by atoms with E-state index in [2.05, 4.69) is 10.00 Å². The van der Waals surface area contributed by atoms with Crippen LogP contribution in [0.2, 0.25) is 0 Å². The van der Waals surface area contributed by atoms with E-state index < -0.39 is 10.0 Å². The zero-order valence-electron chi connectivity index (χ0n) is 11.6. The highest BCUT2D eigenvalue weighted by Crippen LogP contribution is 2.25. The number of sulfonamides is 1. The predicted octanol–water partition coefficient (Wildman–Crippen LogP) is -0.363. The van der Waals surface area contributed by atoms with Crippen molar-refractivity contribution in [1.29, 1.82) is 0 Å². The van der Waals surface area contributed by atoms with E-state index in [9.17, 15) is 8.42 Å². The van der Waals surface area contributed by atoms with E-state index >= 15 is 0 Å². The molecule has 0 unspecified atom stereocenters. The molecular weight excluding hydrogens is 266 g/mol. The van der Waals surface area contributed by atoms with E-state index in [-0.39, 0.29) is 10.7 Å². The maximum atomic E-state index is 12.7. The van der Waals surface area contributed by atoms with E-state index in [1.807, 2.05) is 7.05 Å². The van der Waals surface area contributed by atoms with Crippen LogP contribution in [0.3, 0.4) is 0 Å². The number of rotatable bonds is 2. The third kappa shape index (κ3) is 2.60. The van der Waals surface area contributed by atoms with Crippen molar-refractivity contribution in [2.24, 2.45) is 7.05 Å². The van der Waals surface area contributed by atoms with Crippen molar-refractivity contribution in [2.45, 2.75) is 18.2 Å². The molecule has 19 heavy (non-hydrogen) atoms. The number of hydrogen-bond donors (Lipinski definition) is 1. The molecule has 0 bridgehead atoms. The zero-order chi connectivity index (χ0) is 14.2. The van der Waals surface area contributed by atoms with Crippen molar-refractivity contribution in [1.82, 2.24) is 19.0 Å². The van der Waals surface area contributed by atoms with Gasteiger partial charge in [-0.1, -0.05) is 0 Å². The molecule has 2 heterocycles. The van der Waals surface area contributed by atoms with Crippen LogP contribution >= 0.6 is 0 Å². The molecule has 0 radical (unpaired) electrons. The van der Waals surface area contributed by atoms with Gasteiger partial charge in [0, 0.05) is 26.7 Å². The molecule has 0 spiro atoms. The molecule has 1 aliphatic rings. The summed E-state index contributed by atoms with van der Waals surface area (Å²) in [4.78, 5) is 2.29. The molecule has 2 N–H and O–H groups in total. The monoisotopic (exact) mass is 287 g/mol. The Bertz CT molecular complexity index is 566. The Balaban J connectivity index is 2.36. The van der Waals surface area contributed by atoms with Gasteiger partial charge >= 0.3 is 0 Å². The molecule has 0 atom stereocenters. The third-order valence-electron chi connectivity index (χ3n) is 3.58. The number of nitrogens with zero attached hydrogens (tertiary/aromatic N) is 4. The van der Waals surface area contributed by atoms with Crippen LogP contribution in [0.1, 0.15) is 12.1 Å². The van der Waals surface area contributed by atoms with Gasteiger partial charge in [0.2, 0.25) is 10.0 Å². The first kappa shape index (κ1) is 14.3. The van der Waals surface area contributed by atoms with Gasteiger partial charge in [-0.15, -0.1) is 0 Å². The Morgan fingerprint density at radius 1 is 1.16 bits per heavy atom. The lowest BCUT2D eigenvalue weighted by Gasteiger charge is -2.20. The minimum absolute atomic E-state index is 0.0811. The Labute approximate surface area is 114 Å². The van der Waals surface area contributed by atoms with E-state index in [0.29, 0.717) is 18.8 Å². The fourth-order valence-corrected chi connectivity index (χ4v) is 4.09. The van der Waals surface area contributed by atoms with Crippen molar-refractivity contribution in [3.63, 3.8) is 0 Å². The third-order valence-corrected chi connectivity index (χ3v) is 5.65. The Hall–Kier alpha value is -1.12. The molecule has 108 valence electrons. The average molecular weight is 287 g/mol. The highest BCUT2D eigenvalue weighted by molar-refractivity contribution is 7.89. The van der Waals surface area contributed by atoms with Gasteiger partial charge in [-0.3, -0.25) is 4.68 Å². The minimum Gasteiger partial charge on any atom is -0.381 e. The molecule has 7 nitrogen and oxygen atoms in total. The maximum absolute atomic E-state index is 12.7. The normalized spacial score (nSPS) is 19.5. The minimum atomic E-state index is -3.55. The van der Waals surface area contributed by atoms with Crippen molar-refractivity contribution in [2.75, 3.05) is 39.0 Å². The number of hydrogen-bond acceptors (Lipinski definition) is 5. The van der Waals surface area contributed by atoms with Gasteiger partial charge in [-0.05, 0) is 26.9 Å². The van der Waals surface area contributed by atoms with Gasteiger partial charge in [-0.2, -0.15) is 9.40 Å². The van der Waals surface area contributed by atoms with E-state index in [4.69, 9.17) is 5.73 Å². The van der Waals surface area contributed by atoms with Crippen LogP contribution in [0.25, 0.3) is 0 Å². The summed E-state index contributed by atoms with van der Waals surface area (Å²) < 4.78 is 28.4. The molecule has 1 aromatic rings. The summed E-state index contributed by atoms with van der Waals surface area (Å²) >= 11 is 0. The first-order valence-corrected chi connectivity index (χ1v) is 7.76. The lowest BCUT2D eigenvalue weighted by atomic mass is 10.4. The first-order valence-electron chi connectivity index (χ1n) is 6.32. The molecule has 1 aliphatic heterocycles.